The fraction of sp³-hybridized carbons (Fsp3) is 0.529. The largest absolute Gasteiger partial charge is 0.480 e. The number of nitrogens with zero attached hydrogens (tertiary/aromatic N) is 2. The van der Waals surface area contributed by atoms with Crippen molar-refractivity contribution >= 4 is 17.6 Å². The molecule has 0 spiro atoms. The number of fused-ring (bicyclic) bond motifs is 1. The van der Waals surface area contributed by atoms with Gasteiger partial charge in [0.15, 0.2) is 0 Å². The highest BCUT2D eigenvalue weighted by Gasteiger charge is 2.30. The van der Waals surface area contributed by atoms with Crippen LogP contribution in [-0.4, -0.2) is 47.6 Å². The van der Waals surface area contributed by atoms with Crippen LogP contribution in [-0.2, 0) is 16.0 Å². The number of carbonyl (C=O) groups is 2. The number of aliphatic carboxylic acids is 1. The SMILES string of the molecule is CCCN(CC(=O)O)C(C)C(=O)N1CCCc2ccccc21. The van der Waals surface area contributed by atoms with E-state index in [2.05, 4.69) is 6.07 Å². The predicted octanol–water partition coefficient (Wildman–Crippen LogP) is 2.15. The van der Waals surface area contributed by atoms with Gasteiger partial charge in [0, 0.05) is 12.2 Å². The molecule has 0 aromatic heterocycles. The van der Waals surface area contributed by atoms with E-state index in [1.54, 1.807) is 11.8 Å². The first-order valence-electron chi connectivity index (χ1n) is 7.89. The molecule has 1 atom stereocenters. The van der Waals surface area contributed by atoms with Gasteiger partial charge in [-0.2, -0.15) is 0 Å². The Bertz CT molecular complexity index is 544. The van der Waals surface area contributed by atoms with Crippen LogP contribution in [0.5, 0.6) is 0 Å². The summed E-state index contributed by atoms with van der Waals surface area (Å²) in [5, 5.41) is 9.04. The van der Waals surface area contributed by atoms with E-state index in [0.29, 0.717) is 13.1 Å². The fourth-order valence-corrected chi connectivity index (χ4v) is 3.01. The third kappa shape index (κ3) is 3.65. The second kappa shape index (κ2) is 7.40. The molecular formula is C17H24N2O3. The molecular weight excluding hydrogens is 280 g/mol. The highest BCUT2D eigenvalue weighted by Crippen LogP contribution is 2.27. The minimum Gasteiger partial charge on any atom is -0.480 e. The highest BCUT2D eigenvalue weighted by atomic mass is 16.4. The van der Waals surface area contributed by atoms with Gasteiger partial charge in [0.05, 0.1) is 12.6 Å². The smallest absolute Gasteiger partial charge is 0.317 e. The van der Waals surface area contributed by atoms with Crippen LogP contribution in [0.15, 0.2) is 24.3 Å². The molecule has 22 heavy (non-hydrogen) atoms. The number of amides is 1. The quantitative estimate of drug-likeness (QED) is 0.875. The second-order valence-electron chi connectivity index (χ2n) is 5.76. The Balaban J connectivity index is 2.18. The second-order valence-corrected chi connectivity index (χ2v) is 5.76. The van der Waals surface area contributed by atoms with E-state index in [4.69, 9.17) is 5.11 Å². The Morgan fingerprint density at radius 1 is 1.36 bits per heavy atom. The van der Waals surface area contributed by atoms with E-state index in [1.807, 2.05) is 30.0 Å². The maximum Gasteiger partial charge on any atom is 0.317 e. The van der Waals surface area contributed by atoms with E-state index in [0.717, 1.165) is 24.9 Å². The van der Waals surface area contributed by atoms with Gasteiger partial charge < -0.3 is 10.0 Å². The number of aryl methyl sites for hydroxylation is 1. The van der Waals surface area contributed by atoms with Crippen LogP contribution < -0.4 is 4.90 Å². The van der Waals surface area contributed by atoms with Crippen molar-refractivity contribution in [1.29, 1.82) is 0 Å². The first-order valence-corrected chi connectivity index (χ1v) is 7.89. The molecule has 0 saturated carbocycles. The number of carboxylic acid groups (broad SMARTS) is 1. The summed E-state index contributed by atoms with van der Waals surface area (Å²) in [5.41, 5.74) is 2.16. The predicted molar refractivity (Wildman–Crippen MR) is 86.1 cm³/mol. The van der Waals surface area contributed by atoms with Gasteiger partial charge in [0.2, 0.25) is 5.91 Å². The van der Waals surface area contributed by atoms with E-state index in [-0.39, 0.29) is 12.5 Å². The molecule has 1 unspecified atom stereocenters. The van der Waals surface area contributed by atoms with Crippen molar-refractivity contribution in [1.82, 2.24) is 4.90 Å². The molecule has 120 valence electrons. The van der Waals surface area contributed by atoms with Crippen LogP contribution in [0.2, 0.25) is 0 Å². The standard InChI is InChI=1S/C17H24N2O3/c1-3-10-18(12-16(20)21)13(2)17(22)19-11-6-8-14-7-4-5-9-15(14)19/h4-5,7,9,13H,3,6,8,10-12H2,1-2H3,(H,20,21). The number of anilines is 1. The van der Waals surface area contributed by atoms with Crippen LogP contribution in [0.25, 0.3) is 0 Å². The minimum absolute atomic E-state index is 0.0122. The lowest BCUT2D eigenvalue weighted by Crippen LogP contribution is -2.50. The summed E-state index contributed by atoms with van der Waals surface area (Å²) in [5.74, 6) is -0.908. The average molecular weight is 304 g/mol. The maximum absolute atomic E-state index is 12.8. The zero-order chi connectivity index (χ0) is 16.1. The van der Waals surface area contributed by atoms with Crippen molar-refractivity contribution in [2.24, 2.45) is 0 Å². The van der Waals surface area contributed by atoms with Crippen LogP contribution in [0.3, 0.4) is 0 Å². The lowest BCUT2D eigenvalue weighted by molar-refractivity contribution is -0.139. The summed E-state index contributed by atoms with van der Waals surface area (Å²) < 4.78 is 0. The number of carbonyl (C=O) groups excluding carboxylic acids is 1. The number of hydrogen-bond acceptors (Lipinski definition) is 3. The molecule has 0 bridgehead atoms. The number of benzene rings is 1. The number of rotatable bonds is 6. The first-order chi connectivity index (χ1) is 10.5. The van der Waals surface area contributed by atoms with Gasteiger partial charge in [-0.25, -0.2) is 0 Å². The molecule has 1 aromatic carbocycles. The summed E-state index contributed by atoms with van der Waals surface area (Å²) in [6.45, 7) is 5.00. The Morgan fingerprint density at radius 3 is 2.77 bits per heavy atom. The summed E-state index contributed by atoms with van der Waals surface area (Å²) in [6, 6.07) is 7.53. The van der Waals surface area contributed by atoms with Gasteiger partial charge in [-0.3, -0.25) is 14.5 Å². The molecule has 1 N–H and O–H groups in total. The van der Waals surface area contributed by atoms with Crippen molar-refractivity contribution in [2.45, 2.75) is 39.2 Å². The van der Waals surface area contributed by atoms with E-state index in [9.17, 15) is 9.59 Å². The Labute approximate surface area is 131 Å². The minimum atomic E-state index is -0.896. The van der Waals surface area contributed by atoms with Crippen molar-refractivity contribution in [3.05, 3.63) is 29.8 Å². The zero-order valence-electron chi connectivity index (χ0n) is 13.3. The van der Waals surface area contributed by atoms with Crippen LogP contribution in [0.1, 0.15) is 32.3 Å². The summed E-state index contributed by atoms with van der Waals surface area (Å²) in [4.78, 5) is 27.4. The van der Waals surface area contributed by atoms with Gasteiger partial charge in [-0.1, -0.05) is 25.1 Å². The van der Waals surface area contributed by atoms with Crippen molar-refractivity contribution < 1.29 is 14.7 Å². The van der Waals surface area contributed by atoms with Crippen LogP contribution in [0.4, 0.5) is 5.69 Å². The summed E-state index contributed by atoms with van der Waals surface area (Å²) in [7, 11) is 0. The normalized spacial score (nSPS) is 15.5. The van der Waals surface area contributed by atoms with Crippen molar-refractivity contribution in [3.63, 3.8) is 0 Å². The topological polar surface area (TPSA) is 60.9 Å². The Hall–Kier alpha value is -1.88. The fourth-order valence-electron chi connectivity index (χ4n) is 3.01. The van der Waals surface area contributed by atoms with E-state index < -0.39 is 12.0 Å². The van der Waals surface area contributed by atoms with Gasteiger partial charge >= 0.3 is 5.97 Å². The molecule has 1 aromatic rings. The average Bonchev–Trinajstić information content (AvgIpc) is 2.52. The van der Waals surface area contributed by atoms with Gasteiger partial charge in [0.25, 0.3) is 0 Å². The number of hydrogen-bond donors (Lipinski definition) is 1. The lowest BCUT2D eigenvalue weighted by Gasteiger charge is -2.35. The zero-order valence-corrected chi connectivity index (χ0v) is 13.3. The molecule has 1 aliphatic rings. The molecule has 1 aliphatic heterocycles. The Morgan fingerprint density at radius 2 is 2.09 bits per heavy atom. The van der Waals surface area contributed by atoms with Crippen LogP contribution >= 0.6 is 0 Å². The lowest BCUT2D eigenvalue weighted by atomic mass is 10.0. The third-order valence-electron chi connectivity index (χ3n) is 4.13. The number of para-hydroxylation sites is 1. The van der Waals surface area contributed by atoms with E-state index >= 15 is 0 Å². The molecule has 5 nitrogen and oxygen atoms in total. The molecule has 0 fully saturated rings. The monoisotopic (exact) mass is 304 g/mol. The molecule has 1 heterocycles. The molecule has 0 aliphatic carbocycles. The highest BCUT2D eigenvalue weighted by molar-refractivity contribution is 5.98. The van der Waals surface area contributed by atoms with Crippen LogP contribution in [0, 0.1) is 0 Å². The molecule has 2 rings (SSSR count). The van der Waals surface area contributed by atoms with Crippen molar-refractivity contribution in [2.75, 3.05) is 24.5 Å². The van der Waals surface area contributed by atoms with E-state index in [1.165, 1.54) is 5.56 Å². The maximum atomic E-state index is 12.8. The summed E-state index contributed by atoms with van der Waals surface area (Å²) >= 11 is 0. The molecule has 0 saturated heterocycles. The van der Waals surface area contributed by atoms with Gasteiger partial charge in [-0.15, -0.1) is 0 Å². The van der Waals surface area contributed by atoms with Gasteiger partial charge in [-0.05, 0) is 44.4 Å². The van der Waals surface area contributed by atoms with Gasteiger partial charge in [0.1, 0.15) is 0 Å². The van der Waals surface area contributed by atoms with Crippen molar-refractivity contribution in [3.8, 4) is 0 Å². The third-order valence-corrected chi connectivity index (χ3v) is 4.13. The Kier molecular flexibility index (Phi) is 5.55. The molecule has 1 amide bonds. The molecule has 0 radical (unpaired) electrons. The summed E-state index contributed by atoms with van der Waals surface area (Å²) in [6.07, 6.45) is 2.76. The number of carboxylic acids is 1. The first kappa shape index (κ1) is 16.5. The molecule has 5 heteroatoms.